The number of hydrogen-bond donors (Lipinski definition) is 1. The van der Waals surface area contributed by atoms with Crippen molar-refractivity contribution in [3.8, 4) is 0 Å². The van der Waals surface area contributed by atoms with Crippen LogP contribution in [0.15, 0.2) is 0 Å². The molecular weight excluding hydrogens is 190 g/mol. The number of fused-ring (bicyclic) bond motifs is 2. The van der Waals surface area contributed by atoms with Crippen molar-refractivity contribution >= 4 is 5.97 Å². The van der Waals surface area contributed by atoms with E-state index in [1.165, 1.54) is 38.5 Å². The van der Waals surface area contributed by atoms with E-state index in [4.69, 9.17) is 0 Å². The van der Waals surface area contributed by atoms with Gasteiger partial charge in [-0.25, -0.2) is 0 Å². The van der Waals surface area contributed by atoms with Gasteiger partial charge < -0.3 is 5.11 Å². The molecule has 84 valence electrons. The summed E-state index contributed by atoms with van der Waals surface area (Å²) in [5.74, 6) is 0.693. The van der Waals surface area contributed by atoms with Crippen molar-refractivity contribution in [1.82, 2.24) is 4.90 Å². The zero-order valence-electron chi connectivity index (χ0n) is 9.06. The van der Waals surface area contributed by atoms with Gasteiger partial charge in [0.25, 0.3) is 0 Å². The van der Waals surface area contributed by atoms with Crippen LogP contribution in [-0.2, 0) is 4.79 Å². The van der Waals surface area contributed by atoms with Gasteiger partial charge >= 0.3 is 5.97 Å². The molecule has 2 saturated carbocycles. The smallest absolute Gasteiger partial charge is 0.321 e. The normalized spacial score (nSPS) is 41.5. The van der Waals surface area contributed by atoms with Crippen molar-refractivity contribution in [2.45, 2.75) is 50.6 Å². The lowest BCUT2D eigenvalue weighted by atomic mass is 9.66. The third-order valence-corrected chi connectivity index (χ3v) is 4.59. The van der Waals surface area contributed by atoms with E-state index >= 15 is 0 Å². The van der Waals surface area contributed by atoms with E-state index in [0.717, 1.165) is 12.5 Å². The van der Waals surface area contributed by atoms with Gasteiger partial charge in [0.2, 0.25) is 0 Å². The number of rotatable bonds is 2. The van der Waals surface area contributed by atoms with Gasteiger partial charge in [0.1, 0.15) is 6.04 Å². The highest BCUT2D eigenvalue weighted by molar-refractivity contribution is 5.74. The van der Waals surface area contributed by atoms with Crippen LogP contribution in [-0.4, -0.2) is 34.6 Å². The molecular formula is C12H19NO2. The van der Waals surface area contributed by atoms with Gasteiger partial charge in [0, 0.05) is 12.6 Å². The lowest BCUT2D eigenvalue weighted by Gasteiger charge is -2.53. The maximum absolute atomic E-state index is 11.3. The van der Waals surface area contributed by atoms with Crippen LogP contribution in [0, 0.1) is 11.8 Å². The van der Waals surface area contributed by atoms with Crippen LogP contribution < -0.4 is 0 Å². The number of carboxylic acids is 1. The summed E-state index contributed by atoms with van der Waals surface area (Å²) in [6.45, 7) is 1.05. The molecule has 1 N–H and O–H groups in total. The molecule has 0 aromatic heterocycles. The Kier molecular flexibility index (Phi) is 2.23. The molecule has 0 spiro atoms. The minimum Gasteiger partial charge on any atom is -0.480 e. The van der Waals surface area contributed by atoms with E-state index in [9.17, 15) is 9.90 Å². The first-order valence-corrected chi connectivity index (χ1v) is 6.24. The fraction of sp³-hybridized carbons (Fsp3) is 0.917. The minimum atomic E-state index is -0.579. The highest BCUT2D eigenvalue weighted by atomic mass is 16.4. The number of aliphatic carboxylic acids is 1. The molecule has 2 aliphatic carbocycles. The van der Waals surface area contributed by atoms with Crippen LogP contribution >= 0.6 is 0 Å². The van der Waals surface area contributed by atoms with Crippen LogP contribution in [0.25, 0.3) is 0 Å². The van der Waals surface area contributed by atoms with E-state index in [2.05, 4.69) is 4.90 Å². The molecule has 4 aliphatic rings. The standard InChI is InChI=1S/C12H19NO2/c14-12(15)11-9-5-8(6-9)7-13(11)10-3-1-2-4-10/h8-11H,1-7H2,(H,14,15). The Morgan fingerprint density at radius 3 is 2.47 bits per heavy atom. The third kappa shape index (κ3) is 1.48. The molecule has 3 heteroatoms. The highest BCUT2D eigenvalue weighted by Gasteiger charge is 2.49. The summed E-state index contributed by atoms with van der Waals surface area (Å²) >= 11 is 0. The topological polar surface area (TPSA) is 40.5 Å². The molecule has 2 bridgehead atoms. The van der Waals surface area contributed by atoms with Gasteiger partial charge in [-0.1, -0.05) is 12.8 Å². The summed E-state index contributed by atoms with van der Waals surface area (Å²) in [7, 11) is 0. The number of nitrogens with zero attached hydrogens (tertiary/aromatic N) is 1. The van der Waals surface area contributed by atoms with Crippen LogP contribution in [0.3, 0.4) is 0 Å². The molecule has 4 fully saturated rings. The number of carbonyl (C=O) groups is 1. The van der Waals surface area contributed by atoms with E-state index < -0.39 is 5.97 Å². The molecule has 1 atom stereocenters. The molecule has 0 aromatic carbocycles. The predicted molar refractivity (Wildman–Crippen MR) is 56.6 cm³/mol. The summed E-state index contributed by atoms with van der Waals surface area (Å²) in [5, 5.41) is 9.32. The largest absolute Gasteiger partial charge is 0.480 e. The minimum absolute atomic E-state index is 0.155. The average Bonchev–Trinajstić information content (AvgIpc) is 2.67. The van der Waals surface area contributed by atoms with Crippen molar-refractivity contribution in [3.63, 3.8) is 0 Å². The molecule has 0 aromatic rings. The molecule has 0 radical (unpaired) electrons. The maximum Gasteiger partial charge on any atom is 0.321 e. The van der Waals surface area contributed by atoms with Gasteiger partial charge in [-0.2, -0.15) is 0 Å². The molecule has 2 aliphatic heterocycles. The van der Waals surface area contributed by atoms with Gasteiger partial charge in [0.05, 0.1) is 0 Å². The number of hydrogen-bond acceptors (Lipinski definition) is 2. The van der Waals surface area contributed by atoms with Gasteiger partial charge in [0.15, 0.2) is 0 Å². The number of piperidine rings is 2. The molecule has 1 unspecified atom stereocenters. The summed E-state index contributed by atoms with van der Waals surface area (Å²) in [6, 6.07) is 0.426. The van der Waals surface area contributed by atoms with Gasteiger partial charge in [-0.3, -0.25) is 9.69 Å². The molecule has 3 nitrogen and oxygen atoms in total. The SMILES string of the molecule is O=C(O)C1C2CC(C2)CN1C1CCCC1. The van der Waals surface area contributed by atoms with E-state index in [0.29, 0.717) is 12.0 Å². The monoisotopic (exact) mass is 209 g/mol. The van der Waals surface area contributed by atoms with Crippen molar-refractivity contribution in [2.75, 3.05) is 6.54 Å². The first kappa shape index (κ1) is 9.64. The Morgan fingerprint density at radius 1 is 1.20 bits per heavy atom. The number of carboxylic acid groups (broad SMARTS) is 1. The van der Waals surface area contributed by atoms with Gasteiger partial charge in [-0.05, 0) is 37.5 Å². The highest BCUT2D eigenvalue weighted by Crippen LogP contribution is 2.46. The summed E-state index contributed by atoms with van der Waals surface area (Å²) < 4.78 is 0. The van der Waals surface area contributed by atoms with Crippen LogP contribution in [0.4, 0.5) is 0 Å². The molecule has 4 rings (SSSR count). The Labute approximate surface area is 90.5 Å². The van der Waals surface area contributed by atoms with Gasteiger partial charge in [-0.15, -0.1) is 0 Å². The second kappa shape index (κ2) is 3.48. The van der Waals surface area contributed by atoms with Crippen molar-refractivity contribution in [2.24, 2.45) is 11.8 Å². The van der Waals surface area contributed by atoms with Crippen molar-refractivity contribution < 1.29 is 9.90 Å². The summed E-state index contributed by atoms with van der Waals surface area (Å²) in [6.07, 6.45) is 7.37. The first-order chi connectivity index (χ1) is 7.25. The zero-order valence-corrected chi connectivity index (χ0v) is 9.06. The fourth-order valence-corrected chi connectivity index (χ4v) is 3.83. The first-order valence-electron chi connectivity index (χ1n) is 6.24. The van der Waals surface area contributed by atoms with E-state index in [1.54, 1.807) is 0 Å². The van der Waals surface area contributed by atoms with Crippen LogP contribution in [0.2, 0.25) is 0 Å². The van der Waals surface area contributed by atoms with E-state index in [1.807, 2.05) is 0 Å². The fourth-order valence-electron chi connectivity index (χ4n) is 3.83. The maximum atomic E-state index is 11.3. The Morgan fingerprint density at radius 2 is 1.87 bits per heavy atom. The van der Waals surface area contributed by atoms with Crippen LogP contribution in [0.5, 0.6) is 0 Å². The molecule has 0 amide bonds. The molecule has 2 saturated heterocycles. The Balaban J connectivity index is 1.77. The van der Waals surface area contributed by atoms with Crippen LogP contribution in [0.1, 0.15) is 38.5 Å². The lowest BCUT2D eigenvalue weighted by Crippen LogP contribution is -2.61. The molecule has 15 heavy (non-hydrogen) atoms. The van der Waals surface area contributed by atoms with Crippen molar-refractivity contribution in [1.29, 1.82) is 0 Å². The van der Waals surface area contributed by atoms with Crippen molar-refractivity contribution in [3.05, 3.63) is 0 Å². The second-order valence-electron chi connectivity index (χ2n) is 5.52. The average molecular weight is 209 g/mol. The molecule has 2 heterocycles. The van der Waals surface area contributed by atoms with E-state index in [-0.39, 0.29) is 6.04 Å². The summed E-state index contributed by atoms with van der Waals surface area (Å²) in [5.41, 5.74) is 0. The zero-order chi connectivity index (χ0) is 10.4. The second-order valence-corrected chi connectivity index (χ2v) is 5.52. The predicted octanol–water partition coefficient (Wildman–Crippen LogP) is 1.72. The quantitative estimate of drug-likeness (QED) is 0.753. The summed E-state index contributed by atoms with van der Waals surface area (Å²) in [4.78, 5) is 13.6. The Bertz CT molecular complexity index is 267. The third-order valence-electron chi connectivity index (χ3n) is 4.59. The Hall–Kier alpha value is -0.570. The lowest BCUT2D eigenvalue weighted by molar-refractivity contribution is -0.157.